The Balaban J connectivity index is 2.98. The van der Waals surface area contributed by atoms with Crippen LogP contribution in [0.15, 0.2) is 12.7 Å². The van der Waals surface area contributed by atoms with Crippen molar-refractivity contribution < 1.29 is 0 Å². The Kier molecular flexibility index (Phi) is 5.33. The molecule has 0 atom stereocenters. The molecule has 0 aromatic carbocycles. The zero-order valence-corrected chi connectivity index (χ0v) is 7.46. The Morgan fingerprint density at radius 1 is 2.00 bits per heavy atom. The molecule has 0 unspecified atom stereocenters. The number of hydrogen-bond donors (Lipinski definition) is 1. The molecule has 0 aliphatic heterocycles. The number of rotatable bonds is 3. The van der Waals surface area contributed by atoms with Crippen molar-refractivity contribution in [3.8, 4) is 0 Å². The molecule has 0 amide bonds. The van der Waals surface area contributed by atoms with E-state index in [9.17, 15) is 0 Å². The summed E-state index contributed by atoms with van der Waals surface area (Å²) in [5.74, 6) is 5.36. The molecule has 7 heavy (non-hydrogen) atoms. The van der Waals surface area contributed by atoms with Gasteiger partial charge >= 0.3 is 56.6 Å². The molecule has 0 saturated carbocycles. The Bertz CT molecular complexity index is 56.9. The van der Waals surface area contributed by atoms with Crippen molar-refractivity contribution in [2.75, 3.05) is 6.54 Å². The summed E-state index contributed by atoms with van der Waals surface area (Å²) >= 11 is 2.82. The fourth-order valence-electron chi connectivity index (χ4n) is 0.161. The molecule has 0 rings (SSSR count). The second kappa shape index (κ2) is 4.85. The number of hydrogen-bond acceptors (Lipinski definition) is 2. The van der Waals surface area contributed by atoms with Crippen LogP contribution in [0.1, 0.15) is 0 Å². The number of nitrogens with two attached hydrogens (primary N) is 1. The molecule has 2 N–H and O–H groups in total. The van der Waals surface area contributed by atoms with Gasteiger partial charge in [-0.15, -0.1) is 0 Å². The first-order valence-electron chi connectivity index (χ1n) is 1.76. The van der Waals surface area contributed by atoms with Crippen molar-refractivity contribution in [2.45, 2.75) is 0 Å². The summed E-state index contributed by atoms with van der Waals surface area (Å²) in [4.78, 5) is 0. The van der Waals surface area contributed by atoms with Gasteiger partial charge in [-0.1, -0.05) is 0 Å². The van der Waals surface area contributed by atoms with E-state index in [1.807, 2.05) is 0 Å². The first-order valence-corrected chi connectivity index (χ1v) is 7.27. The summed E-state index contributed by atoms with van der Waals surface area (Å²) < 4.78 is 1.72. The maximum atomic E-state index is 5.36. The summed E-state index contributed by atoms with van der Waals surface area (Å²) in [6.07, 6.45) is 1.79. The van der Waals surface area contributed by atoms with Crippen LogP contribution in [0.2, 0.25) is 0 Å². The van der Waals surface area contributed by atoms with E-state index in [2.05, 4.69) is 20.8 Å². The molecule has 0 aromatic heterocycles. The van der Waals surface area contributed by atoms with Crippen LogP contribution in [-0.2, 0) is 0 Å². The van der Waals surface area contributed by atoms with E-state index in [1.165, 1.54) is 0 Å². The van der Waals surface area contributed by atoms with Gasteiger partial charge in [-0.05, 0) is 0 Å². The SMILES string of the molecule is C=CCN(N)[Se][SeH]. The summed E-state index contributed by atoms with van der Waals surface area (Å²) in [6.45, 7) is 4.32. The van der Waals surface area contributed by atoms with E-state index in [-0.39, 0.29) is 0 Å². The molecule has 0 spiro atoms. The van der Waals surface area contributed by atoms with Crippen molar-refractivity contribution in [3.05, 3.63) is 12.7 Å². The topological polar surface area (TPSA) is 29.3 Å². The van der Waals surface area contributed by atoms with Crippen LogP contribution in [0.3, 0.4) is 0 Å². The van der Waals surface area contributed by atoms with Gasteiger partial charge in [0, 0.05) is 0 Å². The molecule has 2 nitrogen and oxygen atoms in total. The molecule has 0 aliphatic rings. The first kappa shape index (κ1) is 7.70. The van der Waals surface area contributed by atoms with E-state index in [4.69, 9.17) is 5.84 Å². The third-order valence-corrected chi connectivity index (χ3v) is 3.45. The zero-order valence-electron chi connectivity index (χ0n) is 3.87. The molecular weight excluding hydrogens is 222 g/mol. The minimum absolute atomic E-state index is 0.362. The van der Waals surface area contributed by atoms with E-state index >= 15 is 0 Å². The van der Waals surface area contributed by atoms with Gasteiger partial charge in [-0.25, -0.2) is 0 Å². The van der Waals surface area contributed by atoms with Crippen LogP contribution in [0.5, 0.6) is 0 Å². The Morgan fingerprint density at radius 3 is 2.71 bits per heavy atom. The molecule has 4 heteroatoms. The summed E-state index contributed by atoms with van der Waals surface area (Å²) in [5, 5.41) is 0. The first-order chi connectivity index (χ1) is 3.31. The fourth-order valence-corrected chi connectivity index (χ4v) is 1.25. The van der Waals surface area contributed by atoms with Crippen LogP contribution >= 0.6 is 0 Å². The van der Waals surface area contributed by atoms with E-state index < -0.39 is 0 Å². The molecular formula is C3H8N2Se2. The quantitative estimate of drug-likeness (QED) is 0.285. The van der Waals surface area contributed by atoms with Gasteiger partial charge in [0.05, 0.1) is 0 Å². The minimum atomic E-state index is 0.362. The van der Waals surface area contributed by atoms with E-state index in [0.717, 1.165) is 6.54 Å². The molecule has 0 aromatic rings. The number of nitrogens with zero attached hydrogens (tertiary/aromatic N) is 1. The fraction of sp³-hybridized carbons (Fsp3) is 0.333. The summed E-state index contributed by atoms with van der Waals surface area (Å²) in [6, 6.07) is 0. The Morgan fingerprint density at radius 2 is 2.57 bits per heavy atom. The van der Waals surface area contributed by atoms with Gasteiger partial charge in [0.1, 0.15) is 0 Å². The van der Waals surface area contributed by atoms with Crippen molar-refractivity contribution in [1.82, 2.24) is 4.03 Å². The predicted molar refractivity (Wildman–Crippen MR) is 34.0 cm³/mol. The average Bonchev–Trinajstić information content (AvgIpc) is 1.68. The molecule has 0 heterocycles. The predicted octanol–water partition coefficient (Wildman–Crippen LogP) is -1.22. The van der Waals surface area contributed by atoms with Gasteiger partial charge in [-0.3, -0.25) is 0 Å². The second-order valence-electron chi connectivity index (χ2n) is 0.970. The summed E-state index contributed by atoms with van der Waals surface area (Å²) in [5.41, 5.74) is 0. The second-order valence-corrected chi connectivity index (χ2v) is 4.08. The van der Waals surface area contributed by atoms with Crippen molar-refractivity contribution in [3.63, 3.8) is 0 Å². The van der Waals surface area contributed by atoms with Crippen molar-refractivity contribution in [2.24, 2.45) is 5.84 Å². The van der Waals surface area contributed by atoms with Crippen LogP contribution in [0.4, 0.5) is 0 Å². The van der Waals surface area contributed by atoms with Gasteiger partial charge in [-0.2, -0.15) is 0 Å². The molecule has 0 bridgehead atoms. The summed E-state index contributed by atoms with van der Waals surface area (Å²) in [7, 11) is 0. The van der Waals surface area contributed by atoms with E-state index in [0.29, 0.717) is 13.3 Å². The molecule has 0 radical (unpaired) electrons. The van der Waals surface area contributed by atoms with Crippen LogP contribution in [0, 0.1) is 0 Å². The van der Waals surface area contributed by atoms with Crippen LogP contribution in [-0.4, -0.2) is 38.1 Å². The van der Waals surface area contributed by atoms with Gasteiger partial charge in [0.15, 0.2) is 0 Å². The third kappa shape index (κ3) is 4.55. The molecule has 42 valence electrons. The zero-order chi connectivity index (χ0) is 5.70. The van der Waals surface area contributed by atoms with Gasteiger partial charge in [0.2, 0.25) is 0 Å². The van der Waals surface area contributed by atoms with Crippen LogP contribution < -0.4 is 5.84 Å². The number of hydrazine groups is 1. The Labute approximate surface area is 56.8 Å². The third-order valence-electron chi connectivity index (χ3n) is 0.414. The van der Waals surface area contributed by atoms with E-state index in [1.54, 1.807) is 10.1 Å². The van der Waals surface area contributed by atoms with Crippen molar-refractivity contribution in [1.29, 1.82) is 0 Å². The van der Waals surface area contributed by atoms with Gasteiger partial charge < -0.3 is 0 Å². The molecule has 0 fully saturated rings. The average molecular weight is 230 g/mol. The maximum absolute atomic E-state index is 5.36. The van der Waals surface area contributed by atoms with Gasteiger partial charge in [0.25, 0.3) is 0 Å². The molecule has 0 aliphatic carbocycles. The Hall–Kier alpha value is 0.699. The normalized spacial score (nSPS) is 9.57. The van der Waals surface area contributed by atoms with Crippen LogP contribution in [0.25, 0.3) is 0 Å². The van der Waals surface area contributed by atoms with Crippen molar-refractivity contribution >= 4 is 27.5 Å². The molecule has 0 saturated heterocycles. The monoisotopic (exact) mass is 232 g/mol. The standard InChI is InChI=1S/C3H8N2Se2/c1-2-3-5(4)7-6/h2,6H,1,3-4H2.